The van der Waals surface area contributed by atoms with E-state index in [1.807, 2.05) is 11.4 Å². The fourth-order valence-electron chi connectivity index (χ4n) is 2.96. The smallest absolute Gasteiger partial charge is 0.276 e. The van der Waals surface area contributed by atoms with Crippen molar-refractivity contribution in [3.8, 4) is 17.1 Å². The molecule has 10 heteroatoms. The molecule has 0 fully saturated rings. The second-order valence-electron chi connectivity index (χ2n) is 6.45. The Hall–Kier alpha value is -3.01. The highest BCUT2D eigenvalue weighted by Crippen LogP contribution is 2.27. The molecule has 3 heterocycles. The lowest BCUT2D eigenvalue weighted by atomic mass is 10.2. The van der Waals surface area contributed by atoms with E-state index in [0.29, 0.717) is 49.1 Å². The summed E-state index contributed by atoms with van der Waals surface area (Å²) < 4.78 is 20.6. The lowest BCUT2D eigenvalue weighted by Gasteiger charge is -2.11. The van der Waals surface area contributed by atoms with Crippen LogP contribution in [0.5, 0.6) is 0 Å². The molecule has 5 aromatic rings. The Labute approximate surface area is 188 Å². The van der Waals surface area contributed by atoms with E-state index < -0.39 is 0 Å². The fraction of sp³-hybridized carbons (Fsp3) is 0.0476. The Bertz CT molecular complexity index is 1430. The van der Waals surface area contributed by atoms with E-state index in [4.69, 9.17) is 16.1 Å². The summed E-state index contributed by atoms with van der Waals surface area (Å²) in [6, 6.07) is 14.7. The van der Waals surface area contributed by atoms with Gasteiger partial charge in [-0.05, 0) is 60.0 Å². The quantitative estimate of drug-likeness (QED) is 0.246. The molecule has 0 saturated heterocycles. The predicted molar refractivity (Wildman–Crippen MR) is 119 cm³/mol. The van der Waals surface area contributed by atoms with Gasteiger partial charge in [0, 0.05) is 10.6 Å². The molecule has 0 unspecified atom stereocenters. The van der Waals surface area contributed by atoms with Crippen LogP contribution >= 0.6 is 34.7 Å². The van der Waals surface area contributed by atoms with Gasteiger partial charge in [-0.15, -0.1) is 11.3 Å². The first kappa shape index (κ1) is 19.9. The molecule has 5 rings (SSSR count). The van der Waals surface area contributed by atoms with E-state index in [2.05, 4.69) is 15.1 Å². The summed E-state index contributed by atoms with van der Waals surface area (Å²) in [6.45, 7) is 0. The van der Waals surface area contributed by atoms with Crippen LogP contribution in [0.2, 0.25) is 5.02 Å². The molecule has 0 aliphatic heterocycles. The Kier molecular flexibility index (Phi) is 5.31. The molecule has 3 aromatic heterocycles. The molecule has 0 atom stereocenters. The van der Waals surface area contributed by atoms with Crippen LogP contribution < -0.4 is 5.56 Å². The van der Waals surface area contributed by atoms with Crippen LogP contribution in [-0.2, 0) is 5.75 Å². The normalized spacial score (nSPS) is 11.3. The lowest BCUT2D eigenvalue weighted by molar-refractivity contribution is 0.391. The van der Waals surface area contributed by atoms with Crippen LogP contribution in [0.25, 0.3) is 27.3 Å². The fourth-order valence-corrected chi connectivity index (χ4v) is 4.70. The van der Waals surface area contributed by atoms with E-state index in [1.165, 1.54) is 35.2 Å². The van der Waals surface area contributed by atoms with Gasteiger partial charge >= 0.3 is 0 Å². The van der Waals surface area contributed by atoms with Gasteiger partial charge in [-0.25, -0.2) is 9.37 Å². The first-order valence-corrected chi connectivity index (χ1v) is 11.3. The third-order valence-corrected chi connectivity index (χ3v) is 6.50. The Balaban J connectivity index is 1.48. The summed E-state index contributed by atoms with van der Waals surface area (Å²) in [4.78, 5) is 22.1. The maximum Gasteiger partial charge on any atom is 0.276 e. The molecule has 0 saturated carbocycles. The van der Waals surface area contributed by atoms with Crippen LogP contribution in [0, 0.1) is 5.82 Å². The van der Waals surface area contributed by atoms with Crippen LogP contribution in [0.15, 0.2) is 74.5 Å². The molecule has 0 spiro atoms. The summed E-state index contributed by atoms with van der Waals surface area (Å²) in [5.74, 6) is 0.709. The van der Waals surface area contributed by atoms with E-state index >= 15 is 0 Å². The molecule has 0 bridgehead atoms. The molecular formula is C21H12ClFN4O2S2. The Morgan fingerprint density at radius 1 is 1.06 bits per heavy atom. The number of hydrogen-bond acceptors (Lipinski definition) is 7. The first-order chi connectivity index (χ1) is 15.1. The molecule has 0 aliphatic rings. The first-order valence-electron chi connectivity index (χ1n) is 9.06. The van der Waals surface area contributed by atoms with Gasteiger partial charge in [0.1, 0.15) is 10.5 Å². The average molecular weight is 471 g/mol. The maximum atomic E-state index is 13.1. The third kappa shape index (κ3) is 3.99. The highest BCUT2D eigenvalue weighted by Gasteiger charge is 2.16. The van der Waals surface area contributed by atoms with Crippen LogP contribution in [0.3, 0.4) is 0 Å². The van der Waals surface area contributed by atoms with E-state index in [-0.39, 0.29) is 11.4 Å². The van der Waals surface area contributed by atoms with Crippen molar-refractivity contribution in [1.29, 1.82) is 0 Å². The SMILES string of the molecule is O=c1c2sccc2nc(SCc2nc(-c3ccc(F)cc3)no2)n1-c1ccc(Cl)cc1. The van der Waals surface area contributed by atoms with Gasteiger partial charge in [-0.1, -0.05) is 28.5 Å². The molecule has 154 valence electrons. The molecule has 0 radical (unpaired) electrons. The zero-order chi connectivity index (χ0) is 21.4. The molecule has 0 amide bonds. The molecule has 0 N–H and O–H groups in total. The van der Waals surface area contributed by atoms with Gasteiger partial charge in [-0.3, -0.25) is 9.36 Å². The standard InChI is InChI=1S/C21H12ClFN4O2S2/c22-13-3-7-15(8-4-13)27-20(28)18-16(9-10-30-18)24-21(27)31-11-17-25-19(26-29-17)12-1-5-14(23)6-2-12/h1-10H,11H2. The largest absolute Gasteiger partial charge is 0.338 e. The monoisotopic (exact) mass is 470 g/mol. The van der Waals surface area contributed by atoms with Crippen molar-refractivity contribution in [1.82, 2.24) is 19.7 Å². The number of nitrogens with zero attached hydrogens (tertiary/aromatic N) is 4. The minimum atomic E-state index is -0.335. The van der Waals surface area contributed by atoms with Crippen LogP contribution in [0.1, 0.15) is 5.89 Å². The van der Waals surface area contributed by atoms with Crippen LogP contribution in [-0.4, -0.2) is 19.7 Å². The molecular weight excluding hydrogens is 459 g/mol. The van der Waals surface area contributed by atoms with E-state index in [0.717, 1.165) is 0 Å². The number of thiophene rings is 1. The highest BCUT2D eigenvalue weighted by molar-refractivity contribution is 7.98. The van der Waals surface area contributed by atoms with Crippen LogP contribution in [0.4, 0.5) is 4.39 Å². The Morgan fingerprint density at radius 2 is 1.84 bits per heavy atom. The predicted octanol–water partition coefficient (Wildman–Crippen LogP) is 5.58. The minimum Gasteiger partial charge on any atom is -0.338 e. The van der Waals surface area contributed by atoms with Gasteiger partial charge in [-0.2, -0.15) is 4.98 Å². The number of rotatable bonds is 5. The van der Waals surface area contributed by atoms with Gasteiger partial charge in [0.15, 0.2) is 5.16 Å². The summed E-state index contributed by atoms with van der Waals surface area (Å²) in [5, 5.41) is 6.87. The van der Waals surface area contributed by atoms with E-state index in [9.17, 15) is 9.18 Å². The maximum absolute atomic E-state index is 13.1. The van der Waals surface area contributed by atoms with Crippen molar-refractivity contribution in [2.45, 2.75) is 10.9 Å². The second kappa shape index (κ2) is 8.26. The molecule has 2 aromatic carbocycles. The molecule has 31 heavy (non-hydrogen) atoms. The number of benzene rings is 2. The summed E-state index contributed by atoms with van der Waals surface area (Å²) >= 11 is 8.67. The van der Waals surface area contributed by atoms with Crippen molar-refractivity contribution in [3.63, 3.8) is 0 Å². The van der Waals surface area contributed by atoms with Gasteiger partial charge in [0.2, 0.25) is 11.7 Å². The molecule has 6 nitrogen and oxygen atoms in total. The summed E-state index contributed by atoms with van der Waals surface area (Å²) in [5.41, 5.74) is 1.80. The Morgan fingerprint density at radius 3 is 2.61 bits per heavy atom. The highest BCUT2D eigenvalue weighted by atomic mass is 35.5. The van der Waals surface area contributed by atoms with Crippen molar-refractivity contribution in [2.24, 2.45) is 0 Å². The summed E-state index contributed by atoms with van der Waals surface area (Å²) in [7, 11) is 0. The lowest BCUT2D eigenvalue weighted by Crippen LogP contribution is -2.20. The van der Waals surface area contributed by atoms with Gasteiger partial charge < -0.3 is 4.52 Å². The number of halogens is 2. The second-order valence-corrected chi connectivity index (χ2v) is 8.75. The van der Waals surface area contributed by atoms with Crippen molar-refractivity contribution < 1.29 is 8.91 Å². The number of thioether (sulfide) groups is 1. The minimum absolute atomic E-state index is 0.151. The number of fused-ring (bicyclic) bond motifs is 1. The van der Waals surface area contributed by atoms with Crippen molar-refractivity contribution in [3.05, 3.63) is 87.1 Å². The average Bonchev–Trinajstić information content (AvgIpc) is 3.44. The van der Waals surface area contributed by atoms with E-state index in [1.54, 1.807) is 41.0 Å². The van der Waals surface area contributed by atoms with Gasteiger partial charge in [0.05, 0.1) is 17.0 Å². The van der Waals surface area contributed by atoms with Crippen molar-refractivity contribution in [2.75, 3.05) is 0 Å². The summed E-state index contributed by atoms with van der Waals surface area (Å²) in [6.07, 6.45) is 0. The topological polar surface area (TPSA) is 73.8 Å². The number of aromatic nitrogens is 4. The van der Waals surface area contributed by atoms with Gasteiger partial charge in [0.25, 0.3) is 5.56 Å². The number of hydrogen-bond donors (Lipinski definition) is 0. The molecule has 0 aliphatic carbocycles. The van der Waals surface area contributed by atoms with Crippen molar-refractivity contribution >= 4 is 44.9 Å². The zero-order valence-electron chi connectivity index (χ0n) is 15.7. The third-order valence-electron chi connectivity index (χ3n) is 4.43. The zero-order valence-corrected chi connectivity index (χ0v) is 18.0.